The third kappa shape index (κ3) is 4.00. The van der Waals surface area contributed by atoms with Crippen molar-refractivity contribution in [2.75, 3.05) is 13.6 Å². The summed E-state index contributed by atoms with van der Waals surface area (Å²) in [6.45, 7) is 2.43. The van der Waals surface area contributed by atoms with E-state index < -0.39 is 0 Å². The molecule has 4 N–H and O–H groups in total. The lowest BCUT2D eigenvalue weighted by atomic mass is 9.77. The highest BCUT2D eigenvalue weighted by atomic mass is 16.2. The van der Waals surface area contributed by atoms with Gasteiger partial charge in [0, 0.05) is 32.0 Å². The third-order valence-corrected chi connectivity index (χ3v) is 3.63. The van der Waals surface area contributed by atoms with Crippen LogP contribution in [0, 0.1) is 11.8 Å². The molecule has 17 heavy (non-hydrogen) atoms. The van der Waals surface area contributed by atoms with E-state index in [1.54, 1.807) is 7.05 Å². The van der Waals surface area contributed by atoms with Gasteiger partial charge in [0.05, 0.1) is 0 Å². The number of hydrogen-bond acceptors (Lipinski definition) is 3. The SMILES string of the molecule is CNC(=O)CCNC(=O)C1CCCC(N)C1C. The van der Waals surface area contributed by atoms with Crippen molar-refractivity contribution in [2.45, 2.75) is 38.6 Å². The smallest absolute Gasteiger partial charge is 0.223 e. The van der Waals surface area contributed by atoms with Crippen LogP contribution in [0.5, 0.6) is 0 Å². The van der Waals surface area contributed by atoms with Gasteiger partial charge in [-0.15, -0.1) is 0 Å². The monoisotopic (exact) mass is 241 g/mol. The number of carbonyl (C=O) groups is 2. The largest absolute Gasteiger partial charge is 0.359 e. The minimum Gasteiger partial charge on any atom is -0.359 e. The Morgan fingerprint density at radius 3 is 2.71 bits per heavy atom. The molecular weight excluding hydrogens is 218 g/mol. The molecule has 0 aromatic rings. The maximum atomic E-state index is 11.9. The summed E-state index contributed by atoms with van der Waals surface area (Å²) < 4.78 is 0. The van der Waals surface area contributed by atoms with Crippen LogP contribution >= 0.6 is 0 Å². The molecule has 0 spiro atoms. The van der Waals surface area contributed by atoms with E-state index in [9.17, 15) is 9.59 Å². The highest BCUT2D eigenvalue weighted by molar-refractivity contribution is 5.80. The van der Waals surface area contributed by atoms with E-state index in [1.807, 2.05) is 6.92 Å². The van der Waals surface area contributed by atoms with E-state index in [4.69, 9.17) is 5.73 Å². The number of nitrogens with two attached hydrogens (primary N) is 1. The minimum atomic E-state index is -0.0568. The molecule has 1 rings (SSSR count). The number of amides is 2. The van der Waals surface area contributed by atoms with Crippen LogP contribution in [0.15, 0.2) is 0 Å². The molecule has 5 nitrogen and oxygen atoms in total. The van der Waals surface area contributed by atoms with Gasteiger partial charge in [0.25, 0.3) is 0 Å². The summed E-state index contributed by atoms with van der Waals surface area (Å²) in [4.78, 5) is 22.9. The lowest BCUT2D eigenvalue weighted by Gasteiger charge is -2.32. The molecule has 0 saturated heterocycles. The number of rotatable bonds is 4. The lowest BCUT2D eigenvalue weighted by molar-refractivity contribution is -0.128. The fraction of sp³-hybridized carbons (Fsp3) is 0.833. The van der Waals surface area contributed by atoms with Crippen molar-refractivity contribution >= 4 is 11.8 Å². The van der Waals surface area contributed by atoms with Crippen LogP contribution in [-0.2, 0) is 9.59 Å². The maximum absolute atomic E-state index is 11.9. The molecule has 2 amide bonds. The van der Waals surface area contributed by atoms with E-state index >= 15 is 0 Å². The Kier molecular flexibility index (Phi) is 5.41. The molecule has 3 unspecified atom stereocenters. The zero-order valence-electron chi connectivity index (χ0n) is 10.7. The van der Waals surface area contributed by atoms with Gasteiger partial charge in [-0.25, -0.2) is 0 Å². The Morgan fingerprint density at radius 2 is 2.06 bits per heavy atom. The van der Waals surface area contributed by atoms with Gasteiger partial charge in [0.2, 0.25) is 11.8 Å². The van der Waals surface area contributed by atoms with Gasteiger partial charge in [-0.2, -0.15) is 0 Å². The molecule has 98 valence electrons. The molecular formula is C12H23N3O2. The lowest BCUT2D eigenvalue weighted by Crippen LogP contribution is -2.44. The molecule has 1 aliphatic rings. The number of carbonyl (C=O) groups excluding carboxylic acids is 2. The van der Waals surface area contributed by atoms with Gasteiger partial charge in [-0.3, -0.25) is 9.59 Å². The molecule has 0 aliphatic heterocycles. The summed E-state index contributed by atoms with van der Waals surface area (Å²) in [6.07, 6.45) is 3.25. The normalized spacial score (nSPS) is 28.5. The Balaban J connectivity index is 2.34. The van der Waals surface area contributed by atoms with E-state index in [-0.39, 0.29) is 29.7 Å². The maximum Gasteiger partial charge on any atom is 0.223 e. The predicted molar refractivity (Wildman–Crippen MR) is 66.2 cm³/mol. The van der Waals surface area contributed by atoms with Gasteiger partial charge in [-0.05, 0) is 18.8 Å². The number of hydrogen-bond donors (Lipinski definition) is 3. The highest BCUT2D eigenvalue weighted by Crippen LogP contribution is 2.28. The highest BCUT2D eigenvalue weighted by Gasteiger charge is 2.32. The average Bonchev–Trinajstić information content (AvgIpc) is 2.32. The van der Waals surface area contributed by atoms with E-state index in [0.29, 0.717) is 13.0 Å². The van der Waals surface area contributed by atoms with E-state index in [0.717, 1.165) is 19.3 Å². The van der Waals surface area contributed by atoms with E-state index in [2.05, 4.69) is 10.6 Å². The molecule has 3 atom stereocenters. The van der Waals surface area contributed by atoms with Crippen LogP contribution in [-0.4, -0.2) is 31.4 Å². The molecule has 5 heteroatoms. The first kappa shape index (κ1) is 14.0. The molecule has 0 heterocycles. The molecule has 1 fully saturated rings. The van der Waals surface area contributed by atoms with Crippen molar-refractivity contribution in [1.29, 1.82) is 0 Å². The van der Waals surface area contributed by atoms with Gasteiger partial charge < -0.3 is 16.4 Å². The average molecular weight is 241 g/mol. The topological polar surface area (TPSA) is 84.2 Å². The standard InChI is InChI=1S/C12H23N3O2/c1-8-9(4-3-5-10(8)13)12(17)15-7-6-11(16)14-2/h8-10H,3-7,13H2,1-2H3,(H,14,16)(H,15,17). The zero-order chi connectivity index (χ0) is 12.8. The summed E-state index contributed by atoms with van der Waals surface area (Å²) in [6, 6.07) is 0.124. The Morgan fingerprint density at radius 1 is 1.35 bits per heavy atom. The molecule has 0 radical (unpaired) electrons. The quantitative estimate of drug-likeness (QED) is 0.648. The van der Waals surface area contributed by atoms with Gasteiger partial charge in [0.15, 0.2) is 0 Å². The predicted octanol–water partition coefficient (Wildman–Crippen LogP) is 0.00220. The Bertz CT molecular complexity index is 281. The third-order valence-electron chi connectivity index (χ3n) is 3.63. The van der Waals surface area contributed by atoms with Crippen molar-refractivity contribution in [3.05, 3.63) is 0 Å². The van der Waals surface area contributed by atoms with Crippen LogP contribution in [0.4, 0.5) is 0 Å². The summed E-state index contributed by atoms with van der Waals surface area (Å²) in [5.74, 6) is 0.211. The molecule has 0 aromatic carbocycles. The van der Waals surface area contributed by atoms with Crippen molar-refractivity contribution in [3.63, 3.8) is 0 Å². The second-order valence-electron chi connectivity index (χ2n) is 4.77. The summed E-state index contributed by atoms with van der Waals surface area (Å²) in [5.41, 5.74) is 5.96. The number of nitrogens with one attached hydrogen (secondary N) is 2. The van der Waals surface area contributed by atoms with Crippen molar-refractivity contribution in [1.82, 2.24) is 10.6 Å². The van der Waals surface area contributed by atoms with Crippen LogP contribution in [0.2, 0.25) is 0 Å². The molecule has 0 aromatic heterocycles. The van der Waals surface area contributed by atoms with Crippen molar-refractivity contribution in [3.8, 4) is 0 Å². The van der Waals surface area contributed by atoms with Crippen LogP contribution < -0.4 is 16.4 Å². The first-order valence-corrected chi connectivity index (χ1v) is 6.30. The van der Waals surface area contributed by atoms with Crippen molar-refractivity contribution < 1.29 is 9.59 Å². The molecule has 1 aliphatic carbocycles. The second-order valence-corrected chi connectivity index (χ2v) is 4.77. The fourth-order valence-corrected chi connectivity index (χ4v) is 2.32. The summed E-state index contributed by atoms with van der Waals surface area (Å²) in [5, 5.41) is 5.34. The first-order valence-electron chi connectivity index (χ1n) is 6.30. The molecule has 1 saturated carbocycles. The van der Waals surface area contributed by atoms with Crippen LogP contribution in [0.3, 0.4) is 0 Å². The van der Waals surface area contributed by atoms with Gasteiger partial charge in [0.1, 0.15) is 0 Å². The summed E-state index contributed by atoms with van der Waals surface area (Å²) >= 11 is 0. The van der Waals surface area contributed by atoms with Gasteiger partial charge in [-0.1, -0.05) is 13.3 Å². The zero-order valence-corrected chi connectivity index (χ0v) is 10.7. The Labute approximate surface area is 103 Å². The Hall–Kier alpha value is -1.10. The molecule has 0 bridgehead atoms. The van der Waals surface area contributed by atoms with Gasteiger partial charge >= 0.3 is 0 Å². The van der Waals surface area contributed by atoms with Crippen LogP contribution in [0.25, 0.3) is 0 Å². The summed E-state index contributed by atoms with van der Waals surface area (Å²) in [7, 11) is 1.59. The fourth-order valence-electron chi connectivity index (χ4n) is 2.32. The minimum absolute atomic E-state index is 0.00318. The van der Waals surface area contributed by atoms with E-state index in [1.165, 1.54) is 0 Å². The second kappa shape index (κ2) is 6.59. The van der Waals surface area contributed by atoms with Crippen LogP contribution in [0.1, 0.15) is 32.6 Å². The van der Waals surface area contributed by atoms with Crippen molar-refractivity contribution in [2.24, 2.45) is 17.6 Å². The first-order chi connectivity index (χ1) is 8.06.